The van der Waals surface area contributed by atoms with E-state index < -0.39 is 0 Å². The number of rotatable bonds is 2. The van der Waals surface area contributed by atoms with Crippen molar-refractivity contribution in [1.29, 1.82) is 0 Å². The van der Waals surface area contributed by atoms with Gasteiger partial charge in [-0.05, 0) is 19.2 Å². The van der Waals surface area contributed by atoms with E-state index in [9.17, 15) is 0 Å². The van der Waals surface area contributed by atoms with Crippen LogP contribution in [0, 0.1) is 0 Å². The van der Waals surface area contributed by atoms with E-state index >= 15 is 0 Å². The number of thiophene rings is 1. The van der Waals surface area contributed by atoms with Gasteiger partial charge in [-0.15, -0.1) is 23.7 Å². The molecule has 0 aromatic carbocycles. The molecule has 0 aliphatic rings. The lowest BCUT2D eigenvalue weighted by Crippen LogP contribution is -2.02. The minimum atomic E-state index is 0. The van der Waals surface area contributed by atoms with Crippen molar-refractivity contribution in [2.45, 2.75) is 6.54 Å². The summed E-state index contributed by atoms with van der Waals surface area (Å²) in [6.45, 7) is 0.914. The van der Waals surface area contributed by atoms with Crippen molar-refractivity contribution < 1.29 is 0 Å². The molecule has 10 heavy (non-hydrogen) atoms. The summed E-state index contributed by atoms with van der Waals surface area (Å²) < 4.78 is 0.861. The summed E-state index contributed by atoms with van der Waals surface area (Å²) in [5, 5.41) is 3.05. The van der Waals surface area contributed by atoms with E-state index in [2.05, 4.69) is 5.32 Å². The summed E-state index contributed by atoms with van der Waals surface area (Å²) in [4.78, 5) is 1.28. The topological polar surface area (TPSA) is 12.0 Å². The first kappa shape index (κ1) is 10.2. The van der Waals surface area contributed by atoms with Crippen LogP contribution in [0.3, 0.4) is 0 Å². The Morgan fingerprint density at radius 3 is 2.70 bits per heavy atom. The Balaban J connectivity index is 0.000000810. The molecule has 0 aliphatic carbocycles. The molecule has 0 spiro atoms. The van der Waals surface area contributed by atoms with Crippen molar-refractivity contribution in [3.05, 3.63) is 21.3 Å². The largest absolute Gasteiger partial charge is 0.315 e. The van der Waals surface area contributed by atoms with Crippen molar-refractivity contribution in [2.75, 3.05) is 7.05 Å². The summed E-state index contributed by atoms with van der Waals surface area (Å²) >= 11 is 7.30. The van der Waals surface area contributed by atoms with Crippen molar-refractivity contribution in [3.8, 4) is 0 Å². The minimum Gasteiger partial charge on any atom is -0.315 e. The molecule has 0 radical (unpaired) electrons. The molecule has 58 valence electrons. The molecule has 0 atom stereocenters. The van der Waals surface area contributed by atoms with Gasteiger partial charge in [0, 0.05) is 11.4 Å². The molecule has 1 aromatic rings. The van der Waals surface area contributed by atoms with E-state index in [0.29, 0.717) is 0 Å². The number of hydrogen-bond acceptors (Lipinski definition) is 2. The highest BCUT2D eigenvalue weighted by atomic mass is 35.5. The van der Waals surface area contributed by atoms with Crippen molar-refractivity contribution in [1.82, 2.24) is 5.32 Å². The fraction of sp³-hybridized carbons (Fsp3) is 0.333. The highest BCUT2D eigenvalue weighted by Gasteiger charge is 1.93. The Morgan fingerprint density at radius 2 is 2.30 bits per heavy atom. The molecule has 0 saturated carbocycles. The molecular formula is C6H9Cl2NS. The van der Waals surface area contributed by atoms with Crippen LogP contribution in [0.5, 0.6) is 0 Å². The van der Waals surface area contributed by atoms with Crippen molar-refractivity contribution in [2.24, 2.45) is 0 Å². The third kappa shape index (κ3) is 2.88. The molecule has 1 N–H and O–H groups in total. The lowest BCUT2D eigenvalue weighted by Gasteiger charge is -1.89. The molecule has 0 aliphatic heterocycles. The second-order valence-electron chi connectivity index (χ2n) is 1.74. The second kappa shape index (κ2) is 4.97. The van der Waals surface area contributed by atoms with Crippen LogP contribution in [0.2, 0.25) is 4.34 Å². The Morgan fingerprint density at radius 1 is 1.60 bits per heavy atom. The van der Waals surface area contributed by atoms with Crippen molar-refractivity contribution in [3.63, 3.8) is 0 Å². The molecule has 1 nitrogen and oxygen atoms in total. The van der Waals surface area contributed by atoms with Crippen LogP contribution in [0.4, 0.5) is 0 Å². The summed E-state index contributed by atoms with van der Waals surface area (Å²) in [6, 6.07) is 3.95. The van der Waals surface area contributed by atoms with Gasteiger partial charge in [-0.2, -0.15) is 0 Å². The summed E-state index contributed by atoms with van der Waals surface area (Å²) in [5.41, 5.74) is 0. The molecule has 0 amide bonds. The van der Waals surface area contributed by atoms with Crippen LogP contribution in [0.15, 0.2) is 12.1 Å². The van der Waals surface area contributed by atoms with Gasteiger partial charge in [0.2, 0.25) is 0 Å². The third-order valence-electron chi connectivity index (χ3n) is 0.980. The van der Waals surface area contributed by atoms with E-state index in [1.165, 1.54) is 4.88 Å². The number of nitrogens with one attached hydrogen (secondary N) is 1. The SMILES string of the molecule is CNCc1ccc(Cl)s1.Cl. The van der Waals surface area contributed by atoms with E-state index in [1.807, 2.05) is 19.2 Å². The van der Waals surface area contributed by atoms with Gasteiger partial charge < -0.3 is 5.32 Å². The summed E-state index contributed by atoms with van der Waals surface area (Å²) in [5.74, 6) is 0. The Labute approximate surface area is 75.8 Å². The van der Waals surface area contributed by atoms with Gasteiger partial charge in [0.05, 0.1) is 4.34 Å². The van der Waals surface area contributed by atoms with Gasteiger partial charge in [-0.1, -0.05) is 11.6 Å². The predicted octanol–water partition coefficient (Wildman–Crippen LogP) is 2.54. The molecular weight excluding hydrogens is 189 g/mol. The van der Waals surface area contributed by atoms with Gasteiger partial charge in [-0.3, -0.25) is 0 Å². The van der Waals surface area contributed by atoms with E-state index in [-0.39, 0.29) is 12.4 Å². The quantitative estimate of drug-likeness (QED) is 0.769. The zero-order valence-corrected chi connectivity index (χ0v) is 7.95. The summed E-state index contributed by atoms with van der Waals surface area (Å²) in [7, 11) is 1.92. The van der Waals surface area contributed by atoms with E-state index in [1.54, 1.807) is 11.3 Å². The van der Waals surface area contributed by atoms with E-state index in [0.717, 1.165) is 10.9 Å². The predicted molar refractivity (Wildman–Crippen MR) is 49.3 cm³/mol. The van der Waals surface area contributed by atoms with Crippen molar-refractivity contribution >= 4 is 35.3 Å². The maximum atomic E-state index is 5.69. The molecule has 4 heteroatoms. The zero-order chi connectivity index (χ0) is 6.69. The zero-order valence-electron chi connectivity index (χ0n) is 5.56. The van der Waals surface area contributed by atoms with Crippen LogP contribution < -0.4 is 5.32 Å². The standard InChI is InChI=1S/C6H8ClNS.ClH/c1-8-4-5-2-3-6(7)9-5;/h2-3,8H,4H2,1H3;1H. The van der Waals surface area contributed by atoms with Crippen LogP contribution >= 0.6 is 35.3 Å². The van der Waals surface area contributed by atoms with Crippen LogP contribution in [-0.4, -0.2) is 7.05 Å². The van der Waals surface area contributed by atoms with E-state index in [4.69, 9.17) is 11.6 Å². The molecule has 0 unspecified atom stereocenters. The maximum Gasteiger partial charge on any atom is 0.0931 e. The van der Waals surface area contributed by atoms with Gasteiger partial charge in [0.15, 0.2) is 0 Å². The number of hydrogen-bond donors (Lipinski definition) is 1. The van der Waals surface area contributed by atoms with Crippen LogP contribution in [0.25, 0.3) is 0 Å². The van der Waals surface area contributed by atoms with Crippen LogP contribution in [0.1, 0.15) is 4.88 Å². The fourth-order valence-corrected chi connectivity index (χ4v) is 1.72. The maximum absolute atomic E-state index is 5.69. The lowest BCUT2D eigenvalue weighted by atomic mass is 10.5. The fourth-order valence-electron chi connectivity index (χ4n) is 0.621. The second-order valence-corrected chi connectivity index (χ2v) is 3.54. The Kier molecular flexibility index (Phi) is 5.09. The molecule has 1 aromatic heterocycles. The minimum absolute atomic E-state index is 0. The monoisotopic (exact) mass is 197 g/mol. The van der Waals surface area contributed by atoms with Gasteiger partial charge in [0.25, 0.3) is 0 Å². The number of halogens is 2. The molecule has 0 saturated heterocycles. The third-order valence-corrected chi connectivity index (χ3v) is 2.21. The highest BCUT2D eigenvalue weighted by Crippen LogP contribution is 2.20. The van der Waals surface area contributed by atoms with Gasteiger partial charge >= 0.3 is 0 Å². The Hall–Kier alpha value is 0.240. The average Bonchev–Trinajstić information content (AvgIpc) is 2.17. The van der Waals surface area contributed by atoms with Crippen LogP contribution in [-0.2, 0) is 6.54 Å². The summed E-state index contributed by atoms with van der Waals surface area (Å²) in [6.07, 6.45) is 0. The first-order valence-electron chi connectivity index (χ1n) is 2.72. The Bertz CT molecular complexity index is 188. The molecule has 1 rings (SSSR count). The van der Waals surface area contributed by atoms with Gasteiger partial charge in [0.1, 0.15) is 0 Å². The first-order chi connectivity index (χ1) is 4.33. The van der Waals surface area contributed by atoms with Gasteiger partial charge in [-0.25, -0.2) is 0 Å². The lowest BCUT2D eigenvalue weighted by molar-refractivity contribution is 0.831. The average molecular weight is 198 g/mol. The molecule has 0 bridgehead atoms. The molecule has 0 fully saturated rings. The first-order valence-corrected chi connectivity index (χ1v) is 3.91. The normalized spacial score (nSPS) is 9.00. The smallest absolute Gasteiger partial charge is 0.0931 e. The molecule has 1 heterocycles. The highest BCUT2D eigenvalue weighted by molar-refractivity contribution is 7.16.